The molecule has 0 atom stereocenters. The molecule has 6 nitrogen and oxygen atoms in total. The molecule has 0 unspecified atom stereocenters. The first-order valence-electron chi connectivity index (χ1n) is 10.1. The Bertz CT molecular complexity index is 1480. The summed E-state index contributed by atoms with van der Waals surface area (Å²) in [5, 5.41) is 5.26. The van der Waals surface area contributed by atoms with Crippen molar-refractivity contribution in [2.45, 2.75) is 20.0 Å². The lowest BCUT2D eigenvalue weighted by atomic mass is 10.1. The van der Waals surface area contributed by atoms with Crippen molar-refractivity contribution in [2.24, 2.45) is 0 Å². The minimum atomic E-state index is -4.89. The maximum Gasteiger partial charge on any atom is 0.419 e. The molecule has 0 aliphatic rings. The number of rotatable bonds is 3. The van der Waals surface area contributed by atoms with E-state index >= 15 is 0 Å². The average molecular weight is 470 g/mol. The summed E-state index contributed by atoms with van der Waals surface area (Å²) in [6.07, 6.45) is -4.89. The Labute approximate surface area is 190 Å². The molecule has 0 aliphatic heterocycles. The highest BCUT2D eigenvalue weighted by molar-refractivity contribution is 6.00. The van der Waals surface area contributed by atoms with Crippen LogP contribution in [0.15, 0.2) is 65.5 Å². The van der Waals surface area contributed by atoms with E-state index < -0.39 is 23.6 Å². The maximum atomic E-state index is 13.4. The van der Waals surface area contributed by atoms with Crippen LogP contribution in [0.3, 0.4) is 0 Å². The number of nitrogens with zero attached hydrogens (tertiary/aromatic N) is 2. The minimum Gasteiger partial charge on any atom is -0.308 e. The molecular weight excluding hydrogens is 452 g/mol. The molecule has 3 aromatic carbocycles. The van der Waals surface area contributed by atoms with Crippen LogP contribution < -0.4 is 16.2 Å². The van der Waals surface area contributed by atoms with Crippen LogP contribution in [0.5, 0.6) is 0 Å². The van der Waals surface area contributed by atoms with E-state index in [0.29, 0.717) is 45.8 Å². The number of aromatic nitrogens is 2. The summed E-state index contributed by atoms with van der Waals surface area (Å²) in [4.78, 5) is 29.8. The van der Waals surface area contributed by atoms with Crippen LogP contribution in [0.2, 0.25) is 0 Å². The highest BCUT2D eigenvalue weighted by Gasteiger charge is 2.34. The zero-order valence-corrected chi connectivity index (χ0v) is 18.0. The summed E-state index contributed by atoms with van der Waals surface area (Å²) in [5.74, 6) is -0.947. The molecule has 0 bridgehead atoms. The quantitative estimate of drug-likeness (QED) is 0.372. The Hall–Kier alpha value is -4.21. The van der Waals surface area contributed by atoms with Gasteiger partial charge in [0.2, 0.25) is 0 Å². The number of carbonyl (C=O) groups is 1. The van der Waals surface area contributed by atoms with Crippen molar-refractivity contribution in [3.05, 3.63) is 93.8 Å². The van der Waals surface area contributed by atoms with Crippen molar-refractivity contribution in [3.8, 4) is 5.69 Å². The van der Waals surface area contributed by atoms with Crippen LogP contribution in [0.4, 0.5) is 33.7 Å². The number of urea groups is 1. The molecule has 0 saturated carbocycles. The molecule has 1 aromatic heterocycles. The summed E-state index contributed by atoms with van der Waals surface area (Å²) in [6, 6.07) is 13.2. The van der Waals surface area contributed by atoms with E-state index in [1.54, 1.807) is 56.3 Å². The normalized spacial score (nSPS) is 11.5. The Kier molecular flexibility index (Phi) is 5.82. The van der Waals surface area contributed by atoms with Gasteiger partial charge in [-0.25, -0.2) is 14.2 Å². The smallest absolute Gasteiger partial charge is 0.308 e. The van der Waals surface area contributed by atoms with Crippen molar-refractivity contribution >= 4 is 28.3 Å². The highest BCUT2D eigenvalue weighted by Crippen LogP contribution is 2.33. The number of aryl methyl sites for hydroxylation is 2. The molecule has 0 saturated heterocycles. The number of nitrogens with one attached hydrogen (secondary N) is 2. The zero-order chi connectivity index (χ0) is 24.6. The predicted molar refractivity (Wildman–Crippen MR) is 121 cm³/mol. The standard InChI is InChI=1S/C24H18F4N4O2/c1-13-11-16(32-14(2)29-21-6-4-3-5-17(21)22(32)33)8-10-20(13)31-23(34)30-15-7-9-19(25)18(12-15)24(26,27)28/h3-12H,1-2H3,(H2,30,31,34). The van der Waals surface area contributed by atoms with E-state index in [2.05, 4.69) is 15.6 Å². The van der Waals surface area contributed by atoms with E-state index in [1.807, 2.05) is 0 Å². The summed E-state index contributed by atoms with van der Waals surface area (Å²) >= 11 is 0. The van der Waals surface area contributed by atoms with Gasteiger partial charge in [-0.2, -0.15) is 13.2 Å². The van der Waals surface area contributed by atoms with Crippen molar-refractivity contribution in [1.82, 2.24) is 9.55 Å². The van der Waals surface area contributed by atoms with Crippen LogP contribution in [0, 0.1) is 19.7 Å². The Morgan fingerprint density at radius 3 is 2.41 bits per heavy atom. The van der Waals surface area contributed by atoms with E-state index in [4.69, 9.17) is 0 Å². The number of hydrogen-bond acceptors (Lipinski definition) is 3. The number of amides is 2. The van der Waals surface area contributed by atoms with Gasteiger partial charge in [-0.05, 0) is 67.9 Å². The van der Waals surface area contributed by atoms with Gasteiger partial charge in [0, 0.05) is 11.4 Å². The molecule has 0 radical (unpaired) electrons. The molecule has 10 heteroatoms. The number of benzene rings is 3. The third-order valence-corrected chi connectivity index (χ3v) is 5.19. The van der Waals surface area contributed by atoms with E-state index in [-0.39, 0.29) is 11.2 Å². The maximum absolute atomic E-state index is 13.4. The van der Waals surface area contributed by atoms with Crippen LogP contribution in [-0.2, 0) is 6.18 Å². The van der Waals surface area contributed by atoms with Crippen molar-refractivity contribution < 1.29 is 22.4 Å². The van der Waals surface area contributed by atoms with Crippen LogP contribution in [0.1, 0.15) is 17.0 Å². The summed E-state index contributed by atoms with van der Waals surface area (Å²) in [6.45, 7) is 3.41. The third-order valence-electron chi connectivity index (χ3n) is 5.19. The minimum absolute atomic E-state index is 0.218. The first-order valence-corrected chi connectivity index (χ1v) is 10.1. The number of alkyl halides is 3. The van der Waals surface area contributed by atoms with Crippen LogP contribution >= 0.6 is 0 Å². The fourth-order valence-corrected chi connectivity index (χ4v) is 3.58. The van der Waals surface area contributed by atoms with Crippen LogP contribution in [0.25, 0.3) is 16.6 Å². The predicted octanol–water partition coefficient (Wildman–Crippen LogP) is 5.80. The molecular formula is C24H18F4N4O2. The molecule has 174 valence electrons. The Morgan fingerprint density at radius 2 is 1.71 bits per heavy atom. The number of halogens is 4. The van der Waals surface area contributed by atoms with Gasteiger partial charge in [0.15, 0.2) is 0 Å². The molecule has 0 spiro atoms. The monoisotopic (exact) mass is 470 g/mol. The number of anilines is 2. The fraction of sp³-hybridized carbons (Fsp3) is 0.125. The summed E-state index contributed by atoms with van der Waals surface area (Å²) < 4.78 is 53.6. The van der Waals surface area contributed by atoms with Gasteiger partial charge in [-0.15, -0.1) is 0 Å². The van der Waals surface area contributed by atoms with Crippen molar-refractivity contribution in [2.75, 3.05) is 10.6 Å². The molecule has 4 rings (SSSR count). The Balaban J connectivity index is 1.58. The Morgan fingerprint density at radius 1 is 0.971 bits per heavy atom. The second kappa shape index (κ2) is 8.62. The van der Waals surface area contributed by atoms with Crippen molar-refractivity contribution in [3.63, 3.8) is 0 Å². The van der Waals surface area contributed by atoms with E-state index in [0.717, 1.165) is 6.07 Å². The summed E-state index contributed by atoms with van der Waals surface area (Å²) in [5.41, 5.74) is 0.166. The number of hydrogen-bond donors (Lipinski definition) is 2. The fourth-order valence-electron chi connectivity index (χ4n) is 3.58. The van der Waals surface area contributed by atoms with Gasteiger partial charge >= 0.3 is 12.2 Å². The molecule has 1 heterocycles. The zero-order valence-electron chi connectivity index (χ0n) is 18.0. The van der Waals surface area contributed by atoms with Gasteiger partial charge < -0.3 is 10.6 Å². The van der Waals surface area contributed by atoms with Gasteiger partial charge in [-0.3, -0.25) is 9.36 Å². The molecule has 0 fully saturated rings. The second-order valence-corrected chi connectivity index (χ2v) is 7.59. The lowest BCUT2D eigenvalue weighted by Crippen LogP contribution is -2.23. The van der Waals surface area contributed by atoms with Gasteiger partial charge in [0.05, 0.1) is 22.2 Å². The largest absolute Gasteiger partial charge is 0.419 e. The topological polar surface area (TPSA) is 76.0 Å². The first-order chi connectivity index (χ1) is 16.0. The lowest BCUT2D eigenvalue weighted by molar-refractivity contribution is -0.139. The van der Waals surface area contributed by atoms with Gasteiger partial charge in [0.25, 0.3) is 5.56 Å². The van der Waals surface area contributed by atoms with Crippen LogP contribution in [-0.4, -0.2) is 15.6 Å². The summed E-state index contributed by atoms with van der Waals surface area (Å²) in [7, 11) is 0. The molecule has 0 aliphatic carbocycles. The second-order valence-electron chi connectivity index (χ2n) is 7.59. The molecule has 4 aromatic rings. The molecule has 34 heavy (non-hydrogen) atoms. The van der Waals surface area contributed by atoms with E-state index in [9.17, 15) is 27.2 Å². The third kappa shape index (κ3) is 4.47. The van der Waals surface area contributed by atoms with Gasteiger partial charge in [-0.1, -0.05) is 12.1 Å². The number of para-hydroxylation sites is 1. The number of carbonyl (C=O) groups excluding carboxylic acids is 1. The highest BCUT2D eigenvalue weighted by atomic mass is 19.4. The molecule has 2 amide bonds. The SMILES string of the molecule is Cc1cc(-n2c(C)nc3ccccc3c2=O)ccc1NC(=O)Nc1ccc(F)c(C(F)(F)F)c1. The van der Waals surface area contributed by atoms with E-state index in [1.165, 1.54) is 4.57 Å². The van der Waals surface area contributed by atoms with Gasteiger partial charge in [0.1, 0.15) is 11.6 Å². The molecule has 2 N–H and O–H groups in total. The first kappa shape index (κ1) is 23.0. The number of fused-ring (bicyclic) bond motifs is 1. The lowest BCUT2D eigenvalue weighted by Gasteiger charge is -2.15. The van der Waals surface area contributed by atoms with Crippen molar-refractivity contribution in [1.29, 1.82) is 0 Å². The average Bonchev–Trinajstić information content (AvgIpc) is 2.76.